The van der Waals surface area contributed by atoms with Crippen molar-refractivity contribution < 1.29 is 19.0 Å². The molecule has 0 spiro atoms. The van der Waals surface area contributed by atoms with Crippen LogP contribution in [0, 0.1) is 12.7 Å². The highest BCUT2D eigenvalue weighted by molar-refractivity contribution is 7.99. The Hall–Kier alpha value is -3.05. The molecule has 5 heteroatoms. The average molecular weight is 408 g/mol. The summed E-state index contributed by atoms with van der Waals surface area (Å²) in [6.07, 6.45) is 2.03. The molecular formula is C24H21FO3S. The summed E-state index contributed by atoms with van der Waals surface area (Å²) in [5.74, 6) is -0.0629. The summed E-state index contributed by atoms with van der Waals surface area (Å²) >= 11 is 1.63. The molecule has 1 N–H and O–H groups in total. The molecule has 3 rings (SSSR count). The van der Waals surface area contributed by atoms with Crippen LogP contribution in [0.15, 0.2) is 83.8 Å². The van der Waals surface area contributed by atoms with Crippen LogP contribution < -0.4 is 4.74 Å². The lowest BCUT2D eigenvalue weighted by Crippen LogP contribution is -2.09. The van der Waals surface area contributed by atoms with Gasteiger partial charge in [0.15, 0.2) is 6.61 Å². The third kappa shape index (κ3) is 5.72. The molecule has 148 valence electrons. The maximum Gasteiger partial charge on any atom is 0.341 e. The fourth-order valence-electron chi connectivity index (χ4n) is 2.91. The molecular weight excluding hydrogens is 387 g/mol. The molecule has 0 aliphatic carbocycles. The van der Waals surface area contributed by atoms with E-state index in [4.69, 9.17) is 9.84 Å². The van der Waals surface area contributed by atoms with E-state index in [9.17, 15) is 9.18 Å². The third-order valence-electron chi connectivity index (χ3n) is 4.28. The van der Waals surface area contributed by atoms with Gasteiger partial charge in [0.05, 0.1) is 0 Å². The van der Waals surface area contributed by atoms with Gasteiger partial charge >= 0.3 is 5.97 Å². The van der Waals surface area contributed by atoms with Gasteiger partial charge in [0.1, 0.15) is 11.6 Å². The number of thioether (sulfide) groups is 1. The number of aryl methyl sites for hydroxylation is 1. The Bertz CT molecular complexity index is 1020. The van der Waals surface area contributed by atoms with Crippen LogP contribution in [0.1, 0.15) is 16.7 Å². The predicted octanol–water partition coefficient (Wildman–Crippen LogP) is 5.82. The van der Waals surface area contributed by atoms with E-state index in [0.29, 0.717) is 17.1 Å². The van der Waals surface area contributed by atoms with E-state index in [0.717, 1.165) is 21.6 Å². The Kier molecular flexibility index (Phi) is 7.09. The molecule has 0 radical (unpaired) electrons. The highest BCUT2D eigenvalue weighted by Gasteiger charge is 2.10. The molecule has 0 saturated carbocycles. The van der Waals surface area contributed by atoms with Crippen molar-refractivity contribution in [3.05, 3.63) is 101 Å². The quantitative estimate of drug-likeness (QED) is 0.477. The lowest BCUT2D eigenvalue weighted by Gasteiger charge is -2.11. The number of carboxylic acids is 1. The van der Waals surface area contributed by atoms with Crippen LogP contribution in [0.25, 0.3) is 5.57 Å². The maximum absolute atomic E-state index is 14.4. The van der Waals surface area contributed by atoms with Gasteiger partial charge in [-0.15, -0.1) is 11.8 Å². The summed E-state index contributed by atoms with van der Waals surface area (Å²) in [6, 6.07) is 22.1. The summed E-state index contributed by atoms with van der Waals surface area (Å²) in [4.78, 5) is 11.7. The average Bonchev–Trinajstić information content (AvgIpc) is 2.72. The molecule has 3 nitrogen and oxygen atoms in total. The minimum atomic E-state index is -1.01. The number of benzene rings is 3. The molecule has 0 bridgehead atoms. The molecule has 0 fully saturated rings. The molecule has 3 aromatic rings. The summed E-state index contributed by atoms with van der Waals surface area (Å²) < 4.78 is 19.6. The lowest BCUT2D eigenvalue weighted by molar-refractivity contribution is -0.139. The van der Waals surface area contributed by atoms with Gasteiger partial charge in [0.2, 0.25) is 0 Å². The van der Waals surface area contributed by atoms with Gasteiger partial charge < -0.3 is 9.84 Å². The minimum absolute atomic E-state index is 0.247. The van der Waals surface area contributed by atoms with Crippen LogP contribution in [0.5, 0.6) is 5.75 Å². The Morgan fingerprint density at radius 2 is 1.79 bits per heavy atom. The molecule has 3 aromatic carbocycles. The van der Waals surface area contributed by atoms with E-state index in [1.807, 2.05) is 61.5 Å². The van der Waals surface area contributed by atoms with Gasteiger partial charge in [-0.3, -0.25) is 0 Å². The fraction of sp³-hybridized carbons (Fsp3) is 0.125. The Morgan fingerprint density at radius 3 is 2.48 bits per heavy atom. The Morgan fingerprint density at radius 1 is 1.07 bits per heavy atom. The van der Waals surface area contributed by atoms with Crippen molar-refractivity contribution >= 4 is 23.3 Å². The van der Waals surface area contributed by atoms with Gasteiger partial charge in [-0.05, 0) is 47.9 Å². The van der Waals surface area contributed by atoms with Crippen LogP contribution in [0.2, 0.25) is 0 Å². The second-order valence-corrected chi connectivity index (χ2v) is 7.45. The first-order valence-electron chi connectivity index (χ1n) is 9.13. The highest BCUT2D eigenvalue weighted by Crippen LogP contribution is 2.30. The number of hydrogen-bond acceptors (Lipinski definition) is 3. The molecule has 0 aromatic heterocycles. The van der Waals surface area contributed by atoms with E-state index >= 15 is 0 Å². The van der Waals surface area contributed by atoms with Crippen LogP contribution in [0.3, 0.4) is 0 Å². The maximum atomic E-state index is 14.4. The molecule has 0 aliphatic heterocycles. The fourth-order valence-corrected chi connectivity index (χ4v) is 3.79. The Labute approximate surface area is 173 Å². The number of aliphatic carboxylic acids is 1. The third-order valence-corrected chi connectivity index (χ3v) is 5.39. The van der Waals surface area contributed by atoms with Gasteiger partial charge in [-0.25, -0.2) is 9.18 Å². The number of halogens is 1. The van der Waals surface area contributed by atoms with Gasteiger partial charge in [0.25, 0.3) is 0 Å². The van der Waals surface area contributed by atoms with Crippen molar-refractivity contribution in [3.8, 4) is 5.75 Å². The molecule has 0 aliphatic rings. The standard InChI is InChI=1S/C24H21FO3S/c1-17-15-19(28-16-24(26)27)11-12-23(17)29-14-13-20(18-7-3-2-4-8-18)21-9-5-6-10-22(21)25/h2-13,15H,14,16H2,1H3,(H,26,27). The summed E-state index contributed by atoms with van der Waals surface area (Å²) in [7, 11) is 0. The minimum Gasteiger partial charge on any atom is -0.482 e. The molecule has 0 atom stereocenters. The number of rotatable bonds is 8. The van der Waals surface area contributed by atoms with Crippen molar-refractivity contribution in [1.82, 2.24) is 0 Å². The monoisotopic (exact) mass is 408 g/mol. The van der Waals surface area contributed by atoms with E-state index in [1.165, 1.54) is 6.07 Å². The van der Waals surface area contributed by atoms with Crippen LogP contribution >= 0.6 is 11.8 Å². The molecule has 0 saturated heterocycles. The number of carbonyl (C=O) groups is 1. The van der Waals surface area contributed by atoms with Gasteiger partial charge in [-0.2, -0.15) is 0 Å². The Balaban J connectivity index is 1.78. The normalized spacial score (nSPS) is 11.3. The van der Waals surface area contributed by atoms with Crippen molar-refractivity contribution in [2.24, 2.45) is 0 Å². The summed E-state index contributed by atoms with van der Waals surface area (Å²) in [6.45, 7) is 1.59. The zero-order valence-electron chi connectivity index (χ0n) is 16.0. The van der Waals surface area contributed by atoms with Crippen molar-refractivity contribution in [3.63, 3.8) is 0 Å². The van der Waals surface area contributed by atoms with Crippen molar-refractivity contribution in [2.45, 2.75) is 11.8 Å². The number of ether oxygens (including phenoxy) is 1. The smallest absolute Gasteiger partial charge is 0.341 e. The lowest BCUT2D eigenvalue weighted by atomic mass is 9.97. The SMILES string of the molecule is Cc1cc(OCC(=O)O)ccc1SCC=C(c1ccccc1)c1ccccc1F. The molecule has 29 heavy (non-hydrogen) atoms. The second-order valence-electron chi connectivity index (χ2n) is 6.38. The first kappa shape index (κ1) is 20.7. The molecule has 0 unspecified atom stereocenters. The molecule has 0 heterocycles. The number of carboxylic acid groups (broad SMARTS) is 1. The predicted molar refractivity (Wildman–Crippen MR) is 115 cm³/mol. The molecule has 0 amide bonds. The van der Waals surface area contributed by atoms with E-state index in [2.05, 4.69) is 0 Å². The van der Waals surface area contributed by atoms with Gasteiger partial charge in [-0.1, -0.05) is 54.6 Å². The van der Waals surface area contributed by atoms with Crippen LogP contribution in [0.4, 0.5) is 4.39 Å². The van der Waals surface area contributed by atoms with E-state index in [1.54, 1.807) is 30.0 Å². The first-order valence-corrected chi connectivity index (χ1v) is 10.1. The first-order chi connectivity index (χ1) is 14.0. The van der Waals surface area contributed by atoms with Crippen LogP contribution in [-0.2, 0) is 4.79 Å². The number of hydrogen-bond donors (Lipinski definition) is 1. The van der Waals surface area contributed by atoms with E-state index in [-0.39, 0.29) is 12.4 Å². The largest absolute Gasteiger partial charge is 0.482 e. The zero-order chi connectivity index (χ0) is 20.6. The summed E-state index contributed by atoms with van der Waals surface area (Å²) in [5, 5.41) is 8.71. The van der Waals surface area contributed by atoms with Crippen molar-refractivity contribution in [1.29, 1.82) is 0 Å². The topological polar surface area (TPSA) is 46.5 Å². The highest BCUT2D eigenvalue weighted by atomic mass is 32.2. The zero-order valence-corrected chi connectivity index (χ0v) is 16.8. The summed E-state index contributed by atoms with van der Waals surface area (Å²) in [5.41, 5.74) is 3.40. The van der Waals surface area contributed by atoms with Crippen LogP contribution in [-0.4, -0.2) is 23.4 Å². The van der Waals surface area contributed by atoms with E-state index < -0.39 is 5.97 Å². The van der Waals surface area contributed by atoms with Gasteiger partial charge in [0, 0.05) is 16.2 Å². The van der Waals surface area contributed by atoms with Crippen molar-refractivity contribution in [2.75, 3.05) is 12.4 Å². The second kappa shape index (κ2) is 9.94.